The lowest BCUT2D eigenvalue weighted by molar-refractivity contribution is 0.270. The van der Waals surface area contributed by atoms with Gasteiger partial charge in [0.25, 0.3) is 0 Å². The molecule has 0 bridgehead atoms. The molecular weight excluding hydrogens is 305 g/mol. The summed E-state index contributed by atoms with van der Waals surface area (Å²) >= 11 is 16.9. The lowest BCUT2D eigenvalue weighted by atomic mass is 10.5. The number of rotatable bonds is 11. The molecule has 0 aromatic rings. The summed E-state index contributed by atoms with van der Waals surface area (Å²) in [7, 11) is -3.07. The van der Waals surface area contributed by atoms with Crippen LogP contribution in [0.15, 0.2) is 0 Å². The van der Waals surface area contributed by atoms with Crippen LogP contribution in [0.4, 0.5) is 0 Å². The average Bonchev–Trinajstić information content (AvgIpc) is 2.33. The maximum absolute atomic E-state index is 12.6. The minimum absolute atomic E-state index is 0.233. The van der Waals surface area contributed by atoms with Crippen LogP contribution in [0.1, 0.15) is 13.3 Å². The second-order valence-electron chi connectivity index (χ2n) is 3.28. The molecule has 0 spiro atoms. The molecule has 0 rings (SSSR count). The molecule has 0 saturated carbocycles. The Morgan fingerprint density at radius 3 is 2.18 bits per heavy atom. The summed E-state index contributed by atoms with van der Waals surface area (Å²) in [4.78, 5) is 0. The smallest absolute Gasteiger partial charge is 0.305 e. The number of hydrogen-bond acceptors (Lipinski definition) is 2. The fraction of sp³-hybridized carbons (Fsp3) is 1.00. The van der Waals surface area contributed by atoms with E-state index < -0.39 is 7.67 Å². The van der Waals surface area contributed by atoms with E-state index in [0.717, 1.165) is 6.42 Å². The predicted octanol–water partition coefficient (Wildman–Crippen LogP) is 3.13. The average molecular weight is 326 g/mol. The summed E-state index contributed by atoms with van der Waals surface area (Å²) < 4.78 is 19.7. The number of alkyl halides is 3. The van der Waals surface area contributed by atoms with Crippen LogP contribution in [0.3, 0.4) is 0 Å². The Balaban J connectivity index is 4.62. The molecular formula is C9H20Cl3N2O2P. The van der Waals surface area contributed by atoms with E-state index in [4.69, 9.17) is 39.3 Å². The van der Waals surface area contributed by atoms with Crippen molar-refractivity contribution >= 4 is 42.5 Å². The molecule has 1 N–H and O–H groups in total. The maximum atomic E-state index is 12.6. The van der Waals surface area contributed by atoms with Gasteiger partial charge in [-0.25, -0.2) is 9.76 Å². The summed E-state index contributed by atoms with van der Waals surface area (Å²) in [5.74, 6) is 1.05. The first-order valence-corrected chi connectivity index (χ1v) is 8.75. The molecule has 0 aliphatic rings. The van der Waals surface area contributed by atoms with Gasteiger partial charge in [-0.15, -0.1) is 34.8 Å². The van der Waals surface area contributed by atoms with Crippen LogP contribution in [0.5, 0.6) is 0 Å². The molecule has 0 aromatic carbocycles. The lowest BCUT2D eigenvalue weighted by Crippen LogP contribution is -2.33. The van der Waals surface area contributed by atoms with Crippen LogP contribution in [0.2, 0.25) is 0 Å². The predicted molar refractivity (Wildman–Crippen MR) is 75.6 cm³/mol. The van der Waals surface area contributed by atoms with Gasteiger partial charge in [-0.05, 0) is 6.42 Å². The van der Waals surface area contributed by atoms with E-state index in [1.807, 2.05) is 6.92 Å². The van der Waals surface area contributed by atoms with E-state index in [9.17, 15) is 4.57 Å². The van der Waals surface area contributed by atoms with Crippen molar-refractivity contribution in [2.45, 2.75) is 13.3 Å². The highest BCUT2D eigenvalue weighted by atomic mass is 35.5. The van der Waals surface area contributed by atoms with Crippen LogP contribution in [-0.4, -0.2) is 48.6 Å². The second kappa shape index (κ2) is 10.9. The molecule has 0 heterocycles. The lowest BCUT2D eigenvalue weighted by Gasteiger charge is -2.30. The zero-order valence-electron chi connectivity index (χ0n) is 10.0. The fourth-order valence-electron chi connectivity index (χ4n) is 1.21. The Morgan fingerprint density at radius 2 is 1.76 bits per heavy atom. The van der Waals surface area contributed by atoms with Gasteiger partial charge >= 0.3 is 7.67 Å². The molecule has 1 atom stereocenters. The molecule has 0 aliphatic heterocycles. The maximum Gasteiger partial charge on any atom is 0.343 e. The minimum Gasteiger partial charge on any atom is -0.305 e. The summed E-state index contributed by atoms with van der Waals surface area (Å²) in [6.07, 6.45) is 0.865. The van der Waals surface area contributed by atoms with Gasteiger partial charge in [0.05, 0.1) is 6.61 Å². The highest BCUT2D eigenvalue weighted by Gasteiger charge is 2.30. The largest absolute Gasteiger partial charge is 0.343 e. The van der Waals surface area contributed by atoms with Crippen molar-refractivity contribution in [3.63, 3.8) is 0 Å². The quantitative estimate of drug-likeness (QED) is 0.468. The summed E-state index contributed by atoms with van der Waals surface area (Å²) in [5, 5.41) is 2.93. The van der Waals surface area contributed by atoms with Crippen LogP contribution in [0, 0.1) is 0 Å². The van der Waals surface area contributed by atoms with Crippen molar-refractivity contribution in [2.24, 2.45) is 0 Å². The molecule has 8 heteroatoms. The first-order valence-electron chi connectivity index (χ1n) is 5.57. The van der Waals surface area contributed by atoms with Gasteiger partial charge in [0.15, 0.2) is 0 Å². The van der Waals surface area contributed by atoms with Crippen molar-refractivity contribution in [2.75, 3.05) is 43.9 Å². The van der Waals surface area contributed by atoms with Gasteiger partial charge in [0.1, 0.15) is 0 Å². The summed E-state index contributed by atoms with van der Waals surface area (Å²) in [6, 6.07) is 0. The Morgan fingerprint density at radius 1 is 1.18 bits per heavy atom. The van der Waals surface area contributed by atoms with Crippen molar-refractivity contribution in [3.8, 4) is 0 Å². The molecule has 0 saturated heterocycles. The summed E-state index contributed by atoms with van der Waals surface area (Å²) in [5.41, 5.74) is 0. The van der Waals surface area contributed by atoms with E-state index in [0.29, 0.717) is 37.3 Å². The van der Waals surface area contributed by atoms with Gasteiger partial charge in [-0.2, -0.15) is 0 Å². The van der Waals surface area contributed by atoms with E-state index >= 15 is 0 Å². The van der Waals surface area contributed by atoms with Crippen molar-refractivity contribution in [3.05, 3.63) is 0 Å². The topological polar surface area (TPSA) is 41.6 Å². The minimum atomic E-state index is -3.07. The highest BCUT2D eigenvalue weighted by Crippen LogP contribution is 2.46. The van der Waals surface area contributed by atoms with Gasteiger partial charge < -0.3 is 4.52 Å². The van der Waals surface area contributed by atoms with E-state index in [-0.39, 0.29) is 6.61 Å². The molecule has 104 valence electrons. The Hall–Kier alpha value is 0.980. The Labute approximate surface area is 118 Å². The molecule has 4 nitrogen and oxygen atoms in total. The number of nitrogens with zero attached hydrogens (tertiary/aromatic N) is 1. The SMILES string of the molecule is CCCNP(=O)(OCCCl)N(CCCl)CCCl. The normalized spacial score (nSPS) is 15.1. The molecule has 0 fully saturated rings. The second-order valence-corrected chi connectivity index (χ2v) is 6.60. The van der Waals surface area contributed by atoms with Gasteiger partial charge in [0, 0.05) is 37.3 Å². The van der Waals surface area contributed by atoms with Crippen LogP contribution in [0.25, 0.3) is 0 Å². The van der Waals surface area contributed by atoms with Crippen molar-refractivity contribution in [1.82, 2.24) is 9.76 Å². The Bertz CT molecular complexity index is 216. The number of nitrogens with one attached hydrogen (secondary N) is 1. The standard InChI is InChI=1S/C9H20Cl3N2O2P/c1-2-6-13-17(15,16-9-5-12)14(7-3-10)8-4-11/h2-9H2,1H3,(H,13,15). The third-order valence-electron chi connectivity index (χ3n) is 1.96. The first-order chi connectivity index (χ1) is 8.14. The van der Waals surface area contributed by atoms with E-state index in [2.05, 4.69) is 5.09 Å². The van der Waals surface area contributed by atoms with Crippen LogP contribution in [-0.2, 0) is 9.09 Å². The molecule has 1 unspecified atom stereocenters. The van der Waals surface area contributed by atoms with Crippen LogP contribution >= 0.6 is 42.5 Å². The monoisotopic (exact) mass is 324 g/mol. The molecule has 17 heavy (non-hydrogen) atoms. The molecule has 0 aromatic heterocycles. The number of hydrogen-bond donors (Lipinski definition) is 1. The van der Waals surface area contributed by atoms with Gasteiger partial charge in [0.2, 0.25) is 0 Å². The zero-order chi connectivity index (χ0) is 13.1. The van der Waals surface area contributed by atoms with E-state index in [1.165, 1.54) is 0 Å². The molecule has 0 aliphatic carbocycles. The summed E-state index contributed by atoms with van der Waals surface area (Å²) in [6.45, 7) is 3.76. The van der Waals surface area contributed by atoms with Crippen molar-refractivity contribution in [1.29, 1.82) is 0 Å². The zero-order valence-corrected chi connectivity index (χ0v) is 13.2. The third-order valence-corrected chi connectivity index (χ3v) is 4.76. The first kappa shape index (κ1) is 18.0. The highest BCUT2D eigenvalue weighted by molar-refractivity contribution is 7.54. The fourth-order valence-corrected chi connectivity index (χ4v) is 4.06. The van der Waals surface area contributed by atoms with Gasteiger partial charge in [-0.3, -0.25) is 4.57 Å². The Kier molecular flexibility index (Phi) is 11.5. The van der Waals surface area contributed by atoms with Gasteiger partial charge in [-0.1, -0.05) is 6.92 Å². The van der Waals surface area contributed by atoms with E-state index in [1.54, 1.807) is 4.67 Å². The number of halogens is 3. The van der Waals surface area contributed by atoms with Crippen LogP contribution < -0.4 is 5.09 Å². The molecule has 0 radical (unpaired) electrons. The third kappa shape index (κ3) is 7.22. The molecule has 0 amide bonds. The van der Waals surface area contributed by atoms with Crippen molar-refractivity contribution < 1.29 is 9.09 Å².